The Morgan fingerprint density at radius 3 is 2.27 bits per heavy atom. The van der Waals surface area contributed by atoms with Crippen LogP contribution in [0.2, 0.25) is 0 Å². The Morgan fingerprint density at radius 2 is 1.70 bits per heavy atom. The molecule has 0 amide bonds. The fraction of sp³-hybridized carbons (Fsp3) is 0.429. The first-order valence-electron chi connectivity index (χ1n) is 9.69. The summed E-state index contributed by atoms with van der Waals surface area (Å²) >= 11 is 0. The number of hydrogen-bond acceptors (Lipinski definition) is 4. The summed E-state index contributed by atoms with van der Waals surface area (Å²) in [6, 6.07) is 11.4. The van der Waals surface area contributed by atoms with Gasteiger partial charge < -0.3 is 9.47 Å². The molecule has 1 spiro atoms. The summed E-state index contributed by atoms with van der Waals surface area (Å²) < 4.78 is 79.6. The number of rotatable bonds is 3. The summed E-state index contributed by atoms with van der Waals surface area (Å²) in [5, 5.41) is 0. The molecule has 2 aliphatic heterocycles. The van der Waals surface area contributed by atoms with Crippen molar-refractivity contribution in [2.45, 2.75) is 42.7 Å². The van der Waals surface area contributed by atoms with Crippen molar-refractivity contribution >= 4 is 10.0 Å². The number of piperidine rings is 1. The molecule has 0 bridgehead atoms. The molecule has 2 aliphatic rings. The highest BCUT2D eigenvalue weighted by Gasteiger charge is 2.45. The van der Waals surface area contributed by atoms with Crippen LogP contribution in [0.5, 0.6) is 0 Å². The molecule has 4 rings (SSSR count). The van der Waals surface area contributed by atoms with Crippen LogP contribution in [0, 0.1) is 0 Å². The van der Waals surface area contributed by atoms with E-state index in [1.807, 2.05) is 6.92 Å². The predicted molar refractivity (Wildman–Crippen MR) is 104 cm³/mol. The average Bonchev–Trinajstić information content (AvgIpc) is 3.08. The normalized spacial score (nSPS) is 22.5. The summed E-state index contributed by atoms with van der Waals surface area (Å²) in [5.41, 5.74) is -0.277. The average molecular weight is 441 g/mol. The summed E-state index contributed by atoms with van der Waals surface area (Å²) in [6.45, 7) is 2.56. The molecular formula is C21H22F3NO4S. The predicted octanol–water partition coefficient (Wildman–Crippen LogP) is 4.29. The highest BCUT2D eigenvalue weighted by Crippen LogP contribution is 2.38. The fourth-order valence-corrected chi connectivity index (χ4v) is 5.40. The lowest BCUT2D eigenvalue weighted by molar-refractivity contribution is -0.187. The lowest BCUT2D eigenvalue weighted by Gasteiger charge is -2.37. The van der Waals surface area contributed by atoms with Gasteiger partial charge in [0, 0.05) is 25.9 Å². The Hall–Kier alpha value is -1.94. The first-order valence-corrected chi connectivity index (χ1v) is 11.1. The second kappa shape index (κ2) is 7.64. The number of nitrogens with zero attached hydrogens (tertiary/aromatic N) is 1. The third-order valence-electron chi connectivity index (χ3n) is 5.46. The highest BCUT2D eigenvalue weighted by atomic mass is 32.2. The van der Waals surface area contributed by atoms with Crippen LogP contribution in [0.3, 0.4) is 0 Å². The van der Waals surface area contributed by atoms with Crippen LogP contribution >= 0.6 is 0 Å². The van der Waals surface area contributed by atoms with Crippen molar-refractivity contribution in [3.8, 4) is 11.1 Å². The van der Waals surface area contributed by atoms with E-state index in [4.69, 9.17) is 9.47 Å². The maximum absolute atomic E-state index is 13.5. The van der Waals surface area contributed by atoms with E-state index in [-0.39, 0.29) is 29.7 Å². The molecule has 2 aromatic carbocycles. The summed E-state index contributed by atoms with van der Waals surface area (Å²) in [6.07, 6.45) is -4.06. The van der Waals surface area contributed by atoms with Gasteiger partial charge in [-0.05, 0) is 36.2 Å². The van der Waals surface area contributed by atoms with Gasteiger partial charge in [-0.25, -0.2) is 8.42 Å². The van der Waals surface area contributed by atoms with Gasteiger partial charge in [0.05, 0.1) is 23.2 Å². The maximum Gasteiger partial charge on any atom is 0.416 e. The van der Waals surface area contributed by atoms with Crippen molar-refractivity contribution < 1.29 is 31.1 Å². The van der Waals surface area contributed by atoms with Gasteiger partial charge in [0.15, 0.2) is 5.79 Å². The van der Waals surface area contributed by atoms with E-state index >= 15 is 0 Å². The topological polar surface area (TPSA) is 55.8 Å². The lowest BCUT2D eigenvalue weighted by Crippen LogP contribution is -2.47. The highest BCUT2D eigenvalue weighted by molar-refractivity contribution is 7.89. The molecule has 2 heterocycles. The number of alkyl halides is 3. The molecule has 2 saturated heterocycles. The van der Waals surface area contributed by atoms with Gasteiger partial charge in [-0.15, -0.1) is 0 Å². The third kappa shape index (κ3) is 4.12. The van der Waals surface area contributed by atoms with E-state index in [9.17, 15) is 21.6 Å². The zero-order valence-electron chi connectivity index (χ0n) is 16.4. The Balaban J connectivity index is 1.67. The number of halogens is 3. The number of ether oxygens (including phenoxy) is 2. The fourth-order valence-electron chi connectivity index (χ4n) is 3.89. The Bertz CT molecular complexity index is 1020. The second-order valence-corrected chi connectivity index (χ2v) is 9.60. The summed E-state index contributed by atoms with van der Waals surface area (Å²) in [4.78, 5) is -0.367. The van der Waals surface area contributed by atoms with Gasteiger partial charge in [-0.3, -0.25) is 0 Å². The van der Waals surface area contributed by atoms with Gasteiger partial charge in [0.1, 0.15) is 0 Å². The molecule has 5 nitrogen and oxygen atoms in total. The SMILES string of the molecule is C[C@H]1COC2(CCN(S(=O)(=O)c3cc(-c4ccccc4)cc(C(F)(F)F)c3)CC2)O1. The molecule has 1 atom stereocenters. The molecule has 30 heavy (non-hydrogen) atoms. The second-order valence-electron chi connectivity index (χ2n) is 7.66. The standard InChI is InChI=1S/C21H22F3NO4S/c1-15-14-28-20(29-15)7-9-25(10-8-20)30(26,27)19-12-17(16-5-3-2-4-6-16)11-18(13-19)21(22,23)24/h2-6,11-13,15H,7-10,14H2,1H3/t15-/m0/s1. The monoisotopic (exact) mass is 441 g/mol. The number of hydrogen-bond donors (Lipinski definition) is 0. The molecular weight excluding hydrogens is 419 g/mol. The molecule has 0 aliphatic carbocycles. The molecule has 0 aromatic heterocycles. The van der Waals surface area contributed by atoms with Gasteiger partial charge in [0.25, 0.3) is 0 Å². The molecule has 0 unspecified atom stereocenters. The van der Waals surface area contributed by atoms with Crippen LogP contribution in [-0.4, -0.2) is 44.3 Å². The van der Waals surface area contributed by atoms with Crippen LogP contribution < -0.4 is 0 Å². The van der Waals surface area contributed by atoms with Crippen molar-refractivity contribution in [2.24, 2.45) is 0 Å². The minimum Gasteiger partial charge on any atom is -0.347 e. The van der Waals surface area contributed by atoms with Crippen molar-refractivity contribution in [1.82, 2.24) is 4.31 Å². The molecule has 0 N–H and O–H groups in total. The van der Waals surface area contributed by atoms with E-state index in [0.29, 0.717) is 31.1 Å². The molecule has 9 heteroatoms. The van der Waals surface area contributed by atoms with Crippen molar-refractivity contribution in [1.29, 1.82) is 0 Å². The molecule has 162 valence electrons. The zero-order valence-corrected chi connectivity index (χ0v) is 17.2. The van der Waals surface area contributed by atoms with Crippen LogP contribution in [-0.2, 0) is 25.7 Å². The Kier molecular flexibility index (Phi) is 5.42. The van der Waals surface area contributed by atoms with Gasteiger partial charge in [-0.1, -0.05) is 30.3 Å². The van der Waals surface area contributed by atoms with E-state index < -0.39 is 27.6 Å². The van der Waals surface area contributed by atoms with Crippen LogP contribution in [0.4, 0.5) is 13.2 Å². The van der Waals surface area contributed by atoms with E-state index in [1.54, 1.807) is 30.3 Å². The summed E-state index contributed by atoms with van der Waals surface area (Å²) in [7, 11) is -4.11. The third-order valence-corrected chi connectivity index (χ3v) is 7.34. The number of benzene rings is 2. The first kappa shape index (κ1) is 21.3. The van der Waals surface area contributed by atoms with Gasteiger partial charge in [0.2, 0.25) is 10.0 Å². The van der Waals surface area contributed by atoms with Crippen molar-refractivity contribution in [2.75, 3.05) is 19.7 Å². The van der Waals surface area contributed by atoms with E-state index in [1.165, 1.54) is 10.4 Å². The molecule has 0 saturated carbocycles. The zero-order chi connectivity index (χ0) is 21.6. The van der Waals surface area contributed by atoms with E-state index in [2.05, 4.69) is 0 Å². The Labute approximate surface area is 173 Å². The largest absolute Gasteiger partial charge is 0.416 e. The minimum atomic E-state index is -4.66. The summed E-state index contributed by atoms with van der Waals surface area (Å²) in [5.74, 6) is -0.797. The van der Waals surface area contributed by atoms with Gasteiger partial charge in [-0.2, -0.15) is 17.5 Å². The van der Waals surface area contributed by atoms with Crippen LogP contribution in [0.1, 0.15) is 25.3 Å². The smallest absolute Gasteiger partial charge is 0.347 e. The quantitative estimate of drug-likeness (QED) is 0.713. The lowest BCUT2D eigenvalue weighted by atomic mass is 10.0. The first-order chi connectivity index (χ1) is 14.1. The molecule has 2 aromatic rings. The Morgan fingerprint density at radius 1 is 1.03 bits per heavy atom. The maximum atomic E-state index is 13.5. The minimum absolute atomic E-state index is 0.0648. The van der Waals surface area contributed by atoms with Crippen LogP contribution in [0.25, 0.3) is 11.1 Å². The number of sulfonamides is 1. The van der Waals surface area contributed by atoms with E-state index in [0.717, 1.165) is 6.07 Å². The van der Waals surface area contributed by atoms with Gasteiger partial charge >= 0.3 is 6.18 Å². The van der Waals surface area contributed by atoms with Crippen LogP contribution in [0.15, 0.2) is 53.4 Å². The molecule has 0 radical (unpaired) electrons. The van der Waals surface area contributed by atoms with Crippen molar-refractivity contribution in [3.63, 3.8) is 0 Å². The molecule has 2 fully saturated rings. The van der Waals surface area contributed by atoms with Crippen molar-refractivity contribution in [3.05, 3.63) is 54.1 Å².